The van der Waals surface area contributed by atoms with E-state index in [0.717, 1.165) is 31.7 Å². The number of carbonyl (C=O) groups is 1. The van der Waals surface area contributed by atoms with Crippen LogP contribution in [0.25, 0.3) is 0 Å². The van der Waals surface area contributed by atoms with Crippen molar-refractivity contribution in [2.75, 3.05) is 25.2 Å². The third kappa shape index (κ3) is 3.30. The number of nitrogens with zero attached hydrogens (tertiary/aromatic N) is 1. The molecule has 2 rings (SSSR count). The summed E-state index contributed by atoms with van der Waals surface area (Å²) in [5, 5.41) is 0. The van der Waals surface area contributed by atoms with Crippen LogP contribution in [0, 0.1) is 5.92 Å². The first kappa shape index (κ1) is 12.1. The quantitative estimate of drug-likeness (QED) is 0.802. The van der Waals surface area contributed by atoms with E-state index in [1.54, 1.807) is 4.90 Å². The number of carbonyl (C=O) groups excluding carboxylic acids is 1. The van der Waals surface area contributed by atoms with E-state index < -0.39 is 0 Å². The molecule has 1 aliphatic rings. The molecule has 1 unspecified atom stereocenters. The van der Waals surface area contributed by atoms with E-state index in [2.05, 4.69) is 0 Å². The average molecular weight is 233 g/mol. The van der Waals surface area contributed by atoms with Gasteiger partial charge >= 0.3 is 0 Å². The van der Waals surface area contributed by atoms with Gasteiger partial charge in [0.2, 0.25) is 5.91 Å². The van der Waals surface area contributed by atoms with Gasteiger partial charge in [0.1, 0.15) is 0 Å². The lowest BCUT2D eigenvalue weighted by Gasteiger charge is -2.24. The first-order chi connectivity index (χ1) is 8.27. The van der Waals surface area contributed by atoms with E-state index in [1.165, 1.54) is 0 Å². The van der Waals surface area contributed by atoms with E-state index in [4.69, 9.17) is 4.74 Å². The zero-order chi connectivity index (χ0) is 12.1. The number of hydrogen-bond acceptors (Lipinski definition) is 2. The van der Waals surface area contributed by atoms with Gasteiger partial charge in [0.05, 0.1) is 0 Å². The highest BCUT2D eigenvalue weighted by Gasteiger charge is 2.20. The normalized spacial score (nSPS) is 19.9. The molecule has 1 atom stereocenters. The summed E-state index contributed by atoms with van der Waals surface area (Å²) in [7, 11) is 1.83. The molecule has 0 radical (unpaired) electrons. The summed E-state index contributed by atoms with van der Waals surface area (Å²) < 4.78 is 5.40. The van der Waals surface area contributed by atoms with Crippen LogP contribution in [0.5, 0.6) is 0 Å². The Morgan fingerprint density at radius 1 is 1.41 bits per heavy atom. The molecular weight excluding hydrogens is 214 g/mol. The molecule has 1 saturated heterocycles. The largest absolute Gasteiger partial charge is 0.381 e. The second-order valence-corrected chi connectivity index (χ2v) is 4.58. The van der Waals surface area contributed by atoms with Crippen LogP contribution in [0.3, 0.4) is 0 Å². The molecule has 3 heteroatoms. The molecule has 17 heavy (non-hydrogen) atoms. The fraction of sp³-hybridized carbons (Fsp3) is 0.500. The standard InChI is InChI=1S/C14H19NO2/c1-15(13-7-3-2-4-8-13)14(16)10-12-6-5-9-17-11-12/h2-4,7-8,12H,5-6,9-11H2,1H3. The zero-order valence-electron chi connectivity index (χ0n) is 10.3. The van der Waals surface area contributed by atoms with Crippen molar-refractivity contribution in [1.82, 2.24) is 0 Å². The van der Waals surface area contributed by atoms with Crippen molar-refractivity contribution in [3.8, 4) is 0 Å². The Hall–Kier alpha value is -1.35. The maximum absolute atomic E-state index is 12.1. The molecule has 1 heterocycles. The zero-order valence-corrected chi connectivity index (χ0v) is 10.3. The lowest BCUT2D eigenvalue weighted by molar-refractivity contribution is -0.120. The lowest BCUT2D eigenvalue weighted by Crippen LogP contribution is -2.30. The van der Waals surface area contributed by atoms with Crippen LogP contribution in [0.2, 0.25) is 0 Å². The second-order valence-electron chi connectivity index (χ2n) is 4.58. The summed E-state index contributed by atoms with van der Waals surface area (Å²) in [6.45, 7) is 1.58. The Balaban J connectivity index is 1.91. The minimum Gasteiger partial charge on any atom is -0.381 e. The summed E-state index contributed by atoms with van der Waals surface area (Å²) in [4.78, 5) is 13.8. The van der Waals surface area contributed by atoms with Crippen molar-refractivity contribution < 1.29 is 9.53 Å². The number of anilines is 1. The Labute approximate surface area is 102 Å². The van der Waals surface area contributed by atoms with E-state index in [0.29, 0.717) is 12.3 Å². The Bertz CT molecular complexity index is 358. The Kier molecular flexibility index (Phi) is 4.15. The molecule has 0 aromatic heterocycles. The van der Waals surface area contributed by atoms with Gasteiger partial charge < -0.3 is 9.64 Å². The van der Waals surface area contributed by atoms with Gasteiger partial charge in [0.15, 0.2) is 0 Å². The second kappa shape index (κ2) is 5.82. The molecule has 3 nitrogen and oxygen atoms in total. The molecule has 0 bridgehead atoms. The van der Waals surface area contributed by atoms with Gasteiger partial charge in [-0.25, -0.2) is 0 Å². The summed E-state index contributed by atoms with van der Waals surface area (Å²) in [5.41, 5.74) is 0.953. The van der Waals surface area contributed by atoms with Crippen LogP contribution in [0.4, 0.5) is 5.69 Å². The summed E-state index contributed by atoms with van der Waals surface area (Å²) in [6.07, 6.45) is 2.77. The van der Waals surface area contributed by atoms with Crippen molar-refractivity contribution in [3.05, 3.63) is 30.3 Å². The van der Waals surface area contributed by atoms with Gasteiger partial charge in [0, 0.05) is 32.4 Å². The van der Waals surface area contributed by atoms with Crippen molar-refractivity contribution in [2.24, 2.45) is 5.92 Å². The van der Waals surface area contributed by atoms with Gasteiger partial charge in [0.25, 0.3) is 0 Å². The van der Waals surface area contributed by atoms with E-state index >= 15 is 0 Å². The first-order valence-electron chi connectivity index (χ1n) is 6.16. The van der Waals surface area contributed by atoms with E-state index in [-0.39, 0.29) is 5.91 Å². The minimum atomic E-state index is 0.173. The SMILES string of the molecule is CN(C(=O)CC1CCCOC1)c1ccccc1. The average Bonchev–Trinajstić information content (AvgIpc) is 2.40. The van der Waals surface area contributed by atoms with Crippen LogP contribution >= 0.6 is 0 Å². The van der Waals surface area contributed by atoms with Gasteiger partial charge in [-0.05, 0) is 30.9 Å². The molecule has 1 aromatic carbocycles. The maximum Gasteiger partial charge on any atom is 0.227 e. The molecule has 0 saturated carbocycles. The molecule has 0 N–H and O–H groups in total. The van der Waals surface area contributed by atoms with E-state index in [1.807, 2.05) is 37.4 Å². The van der Waals surface area contributed by atoms with Crippen LogP contribution in [0.15, 0.2) is 30.3 Å². The Morgan fingerprint density at radius 2 is 2.18 bits per heavy atom. The number of amides is 1. The number of para-hydroxylation sites is 1. The number of ether oxygens (including phenoxy) is 1. The molecule has 1 amide bonds. The van der Waals surface area contributed by atoms with Crippen molar-refractivity contribution in [1.29, 1.82) is 0 Å². The van der Waals surface area contributed by atoms with E-state index in [9.17, 15) is 4.79 Å². The highest BCUT2D eigenvalue weighted by atomic mass is 16.5. The van der Waals surface area contributed by atoms with Gasteiger partial charge in [-0.15, -0.1) is 0 Å². The predicted octanol–water partition coefficient (Wildman–Crippen LogP) is 2.47. The molecule has 0 aliphatic carbocycles. The number of rotatable bonds is 3. The third-order valence-electron chi connectivity index (χ3n) is 3.24. The summed E-state index contributed by atoms with van der Waals surface area (Å²) in [6, 6.07) is 9.76. The number of hydrogen-bond donors (Lipinski definition) is 0. The minimum absolute atomic E-state index is 0.173. The van der Waals surface area contributed by atoms with Crippen LogP contribution in [-0.4, -0.2) is 26.2 Å². The van der Waals surface area contributed by atoms with Gasteiger partial charge in [-0.1, -0.05) is 18.2 Å². The fourth-order valence-electron chi connectivity index (χ4n) is 2.15. The molecule has 0 spiro atoms. The third-order valence-corrected chi connectivity index (χ3v) is 3.24. The van der Waals surface area contributed by atoms with Crippen LogP contribution in [-0.2, 0) is 9.53 Å². The summed E-state index contributed by atoms with van der Waals surface area (Å²) in [5.74, 6) is 0.564. The summed E-state index contributed by atoms with van der Waals surface area (Å²) >= 11 is 0. The molecule has 1 fully saturated rings. The van der Waals surface area contributed by atoms with Crippen molar-refractivity contribution in [2.45, 2.75) is 19.3 Å². The number of benzene rings is 1. The Morgan fingerprint density at radius 3 is 2.82 bits per heavy atom. The molecule has 92 valence electrons. The topological polar surface area (TPSA) is 29.5 Å². The molecule has 1 aromatic rings. The maximum atomic E-state index is 12.1. The molecule has 1 aliphatic heterocycles. The van der Waals surface area contributed by atoms with Crippen LogP contribution < -0.4 is 4.90 Å². The van der Waals surface area contributed by atoms with Crippen LogP contribution in [0.1, 0.15) is 19.3 Å². The highest BCUT2D eigenvalue weighted by Crippen LogP contribution is 2.20. The fourth-order valence-corrected chi connectivity index (χ4v) is 2.15. The highest BCUT2D eigenvalue weighted by molar-refractivity contribution is 5.92. The monoisotopic (exact) mass is 233 g/mol. The molecular formula is C14H19NO2. The lowest BCUT2D eigenvalue weighted by atomic mass is 9.98. The van der Waals surface area contributed by atoms with Crippen molar-refractivity contribution in [3.63, 3.8) is 0 Å². The first-order valence-corrected chi connectivity index (χ1v) is 6.16. The predicted molar refractivity (Wildman–Crippen MR) is 68.0 cm³/mol. The van der Waals surface area contributed by atoms with Crippen molar-refractivity contribution >= 4 is 11.6 Å². The van der Waals surface area contributed by atoms with Gasteiger partial charge in [-0.2, -0.15) is 0 Å². The smallest absolute Gasteiger partial charge is 0.227 e. The van der Waals surface area contributed by atoms with Gasteiger partial charge in [-0.3, -0.25) is 4.79 Å².